The topological polar surface area (TPSA) is 0 Å². The first-order valence-electron chi connectivity index (χ1n) is 3.34. The van der Waals surface area contributed by atoms with Crippen LogP contribution in [-0.2, 0) is 0 Å². The Bertz CT molecular complexity index is 362. The quantitative estimate of drug-likeness (QED) is 0.595. The summed E-state index contributed by atoms with van der Waals surface area (Å²) in [5, 5.41) is 0. The van der Waals surface area contributed by atoms with Crippen molar-refractivity contribution in [3.63, 3.8) is 0 Å². The summed E-state index contributed by atoms with van der Waals surface area (Å²) in [5.41, 5.74) is 1.41. The Morgan fingerprint density at radius 2 is 1.58 bits per heavy atom. The average molecular weight is 250 g/mol. The maximum absolute atomic E-state index is 5.12. The van der Waals surface area contributed by atoms with E-state index < -0.39 is 0 Å². The fourth-order valence-corrected chi connectivity index (χ4v) is 7.27. The molecular weight excluding hydrogens is 244 g/mol. The Hall–Kier alpha value is 0.710. The minimum atomic E-state index is 1.05. The van der Waals surface area contributed by atoms with E-state index in [1.54, 1.807) is 22.7 Å². The molecule has 64 valence electrons. The highest BCUT2D eigenvalue weighted by Gasteiger charge is 2.21. The van der Waals surface area contributed by atoms with E-state index in [-0.39, 0.29) is 0 Å². The first-order chi connectivity index (χ1) is 5.66. The molecule has 0 atom stereocenters. The summed E-state index contributed by atoms with van der Waals surface area (Å²) in [5.74, 6) is 0. The lowest BCUT2D eigenvalue weighted by molar-refractivity contribution is 1.41. The van der Waals surface area contributed by atoms with Gasteiger partial charge in [0.1, 0.15) is 3.14 Å². The number of thioether (sulfide) groups is 2. The molecule has 0 amide bonds. The van der Waals surface area contributed by atoms with E-state index in [4.69, 9.17) is 12.2 Å². The molecular formula is C7H6S5. The van der Waals surface area contributed by atoms with E-state index in [1.165, 1.54) is 18.2 Å². The second-order valence-electron chi connectivity index (χ2n) is 2.52. The van der Waals surface area contributed by atoms with E-state index >= 15 is 0 Å². The third kappa shape index (κ3) is 1.65. The summed E-state index contributed by atoms with van der Waals surface area (Å²) >= 11 is 12.3. The van der Waals surface area contributed by atoms with Gasteiger partial charge in [-0.1, -0.05) is 41.3 Å². The Morgan fingerprint density at radius 3 is 2.00 bits per heavy atom. The molecule has 0 N–H and O–H groups in total. The fraction of sp³-hybridized carbons (Fsp3) is 0.286. The van der Waals surface area contributed by atoms with Crippen molar-refractivity contribution in [1.82, 2.24) is 0 Å². The third-order valence-corrected chi connectivity index (χ3v) is 7.39. The predicted molar refractivity (Wildman–Crippen MR) is 63.1 cm³/mol. The van der Waals surface area contributed by atoms with Crippen molar-refractivity contribution in [2.45, 2.75) is 22.3 Å². The van der Waals surface area contributed by atoms with Crippen LogP contribution in [0.15, 0.2) is 18.2 Å². The zero-order chi connectivity index (χ0) is 8.72. The van der Waals surface area contributed by atoms with Crippen LogP contribution in [0.4, 0.5) is 0 Å². The van der Waals surface area contributed by atoms with Crippen molar-refractivity contribution >= 4 is 58.4 Å². The maximum atomic E-state index is 5.12. The van der Waals surface area contributed by atoms with Gasteiger partial charge in [-0.15, -0.1) is 22.7 Å². The average Bonchev–Trinajstić information content (AvgIpc) is 2.42. The SMILES string of the molecule is CC(C)=C1Sc2sc(=S)sc2S1. The van der Waals surface area contributed by atoms with Gasteiger partial charge < -0.3 is 0 Å². The molecule has 0 spiro atoms. The van der Waals surface area contributed by atoms with E-state index in [9.17, 15) is 0 Å². The van der Waals surface area contributed by atoms with Gasteiger partial charge in [0.15, 0.2) is 0 Å². The van der Waals surface area contributed by atoms with E-state index in [0.717, 1.165) is 3.14 Å². The molecule has 2 rings (SSSR count). The molecule has 5 heteroatoms. The van der Waals surface area contributed by atoms with Crippen molar-refractivity contribution in [3.8, 4) is 0 Å². The molecule has 0 aromatic carbocycles. The molecule has 0 aliphatic carbocycles. The third-order valence-electron chi connectivity index (χ3n) is 1.30. The molecule has 0 bridgehead atoms. The molecule has 0 saturated carbocycles. The van der Waals surface area contributed by atoms with Gasteiger partial charge in [0.2, 0.25) is 0 Å². The Balaban J connectivity index is 2.42. The van der Waals surface area contributed by atoms with Gasteiger partial charge in [-0.25, -0.2) is 0 Å². The predicted octanol–water partition coefficient (Wildman–Crippen LogP) is 4.99. The first-order valence-corrected chi connectivity index (χ1v) is 7.01. The van der Waals surface area contributed by atoms with Gasteiger partial charge >= 0.3 is 0 Å². The highest BCUT2D eigenvalue weighted by Crippen LogP contribution is 2.56. The molecule has 0 nitrogen and oxygen atoms in total. The highest BCUT2D eigenvalue weighted by molar-refractivity contribution is 8.26. The Morgan fingerprint density at radius 1 is 1.08 bits per heavy atom. The van der Waals surface area contributed by atoms with Gasteiger partial charge in [0.25, 0.3) is 0 Å². The molecule has 1 aromatic rings. The molecule has 0 unspecified atom stereocenters. The van der Waals surface area contributed by atoms with Crippen molar-refractivity contribution < 1.29 is 0 Å². The number of allylic oxidation sites excluding steroid dienone is 1. The van der Waals surface area contributed by atoms with Crippen LogP contribution < -0.4 is 0 Å². The Labute approximate surface area is 93.1 Å². The maximum Gasteiger partial charge on any atom is 0.145 e. The van der Waals surface area contributed by atoms with Gasteiger partial charge in [0.05, 0.1) is 12.7 Å². The summed E-state index contributed by atoms with van der Waals surface area (Å²) in [6.07, 6.45) is 0. The number of fused-ring (bicyclic) bond motifs is 1. The molecule has 0 fully saturated rings. The summed E-state index contributed by atoms with van der Waals surface area (Å²) < 4.78 is 5.27. The molecule has 2 heterocycles. The normalized spacial score (nSPS) is 15.0. The monoisotopic (exact) mass is 250 g/mol. The van der Waals surface area contributed by atoms with Gasteiger partial charge in [-0.05, 0) is 13.8 Å². The van der Waals surface area contributed by atoms with Crippen LogP contribution in [0.25, 0.3) is 0 Å². The standard InChI is InChI=1S/C7H6S5/c1-3(2)4-9-5-6(10-4)12-7(8)11-5/h1-2H3. The minimum Gasteiger partial charge on any atom is -0.105 e. The molecule has 0 radical (unpaired) electrons. The summed E-state index contributed by atoms with van der Waals surface area (Å²) in [7, 11) is 0. The van der Waals surface area contributed by atoms with Crippen LogP contribution in [-0.4, -0.2) is 0 Å². The van der Waals surface area contributed by atoms with E-state index in [2.05, 4.69) is 13.8 Å². The lowest BCUT2D eigenvalue weighted by atomic mass is 10.4. The van der Waals surface area contributed by atoms with Crippen molar-refractivity contribution in [3.05, 3.63) is 12.9 Å². The van der Waals surface area contributed by atoms with E-state index in [0.29, 0.717) is 0 Å². The molecule has 1 aromatic heterocycles. The van der Waals surface area contributed by atoms with Crippen LogP contribution in [0.1, 0.15) is 13.8 Å². The smallest absolute Gasteiger partial charge is 0.105 e. The lowest BCUT2D eigenvalue weighted by Gasteiger charge is -1.94. The largest absolute Gasteiger partial charge is 0.145 e. The van der Waals surface area contributed by atoms with Crippen molar-refractivity contribution in [2.24, 2.45) is 0 Å². The minimum absolute atomic E-state index is 1.05. The van der Waals surface area contributed by atoms with Gasteiger partial charge in [-0.2, -0.15) is 0 Å². The van der Waals surface area contributed by atoms with Gasteiger partial charge in [0, 0.05) is 0 Å². The molecule has 12 heavy (non-hydrogen) atoms. The highest BCUT2D eigenvalue weighted by atomic mass is 32.2. The second kappa shape index (κ2) is 3.46. The van der Waals surface area contributed by atoms with Crippen molar-refractivity contribution in [1.29, 1.82) is 0 Å². The van der Waals surface area contributed by atoms with Crippen LogP contribution in [0.2, 0.25) is 0 Å². The van der Waals surface area contributed by atoms with Crippen molar-refractivity contribution in [2.75, 3.05) is 0 Å². The first kappa shape index (κ1) is 9.27. The Kier molecular flexibility index (Phi) is 2.67. The van der Waals surface area contributed by atoms with E-state index in [1.807, 2.05) is 23.5 Å². The zero-order valence-corrected chi connectivity index (χ0v) is 10.6. The summed E-state index contributed by atoms with van der Waals surface area (Å²) in [6, 6.07) is 0. The number of hydrogen-bond acceptors (Lipinski definition) is 5. The summed E-state index contributed by atoms with van der Waals surface area (Å²) in [4.78, 5) is 0. The molecule has 1 aliphatic rings. The van der Waals surface area contributed by atoms with Crippen LogP contribution in [0.5, 0.6) is 0 Å². The van der Waals surface area contributed by atoms with Gasteiger partial charge in [-0.3, -0.25) is 0 Å². The fourth-order valence-electron chi connectivity index (χ4n) is 0.774. The number of hydrogen-bond donors (Lipinski definition) is 0. The zero-order valence-electron chi connectivity index (χ0n) is 6.54. The van der Waals surface area contributed by atoms with Crippen LogP contribution in [0, 0.1) is 3.14 Å². The number of rotatable bonds is 0. The summed E-state index contributed by atoms with van der Waals surface area (Å²) in [6.45, 7) is 4.32. The lowest BCUT2D eigenvalue weighted by Crippen LogP contribution is -1.65. The molecule has 0 saturated heterocycles. The second-order valence-corrected chi connectivity index (χ2v) is 8.56. The molecule has 1 aliphatic heterocycles. The van der Waals surface area contributed by atoms with Crippen LogP contribution >= 0.6 is 58.4 Å². The van der Waals surface area contributed by atoms with Crippen LogP contribution in [0.3, 0.4) is 0 Å².